The van der Waals surface area contributed by atoms with Gasteiger partial charge in [0.15, 0.2) is 0 Å². The molecular formula is C20H28N2S4. The van der Waals surface area contributed by atoms with Crippen LogP contribution >= 0.6 is 47.0 Å². The van der Waals surface area contributed by atoms with E-state index in [2.05, 4.69) is 52.0 Å². The maximum Gasteiger partial charge on any atom is 0.0336 e. The summed E-state index contributed by atoms with van der Waals surface area (Å²) >= 11 is 7.46. The monoisotopic (exact) mass is 424 g/mol. The van der Waals surface area contributed by atoms with Crippen LogP contribution in [-0.2, 0) is 0 Å². The zero-order chi connectivity index (χ0) is 19.1. The highest BCUT2D eigenvalue weighted by Gasteiger charge is 2.20. The molecule has 0 aliphatic carbocycles. The van der Waals surface area contributed by atoms with E-state index >= 15 is 0 Å². The van der Waals surface area contributed by atoms with Gasteiger partial charge in [-0.25, -0.2) is 0 Å². The average molecular weight is 425 g/mol. The number of nitrogen functional groups attached to an aromatic ring is 2. The SMILES string of the molecule is CCSc1cc(N)cc(SCC)c1-c1c(SCC)cc(N)cc1SCC. The first-order valence-electron chi connectivity index (χ1n) is 8.94. The van der Waals surface area contributed by atoms with Crippen molar-refractivity contribution in [1.82, 2.24) is 0 Å². The van der Waals surface area contributed by atoms with Gasteiger partial charge in [0.2, 0.25) is 0 Å². The van der Waals surface area contributed by atoms with Crippen LogP contribution in [0.3, 0.4) is 0 Å². The zero-order valence-corrected chi connectivity index (χ0v) is 19.2. The molecule has 0 heterocycles. The summed E-state index contributed by atoms with van der Waals surface area (Å²) in [5.41, 5.74) is 16.8. The first-order valence-corrected chi connectivity index (χ1v) is 12.9. The molecule has 2 nitrogen and oxygen atoms in total. The Morgan fingerprint density at radius 3 is 0.962 bits per heavy atom. The number of thioether (sulfide) groups is 4. The van der Waals surface area contributed by atoms with Crippen molar-refractivity contribution >= 4 is 58.4 Å². The van der Waals surface area contributed by atoms with Crippen LogP contribution in [0.25, 0.3) is 11.1 Å². The second kappa shape index (κ2) is 10.7. The molecule has 2 rings (SSSR count). The second-order valence-corrected chi connectivity index (χ2v) is 10.7. The highest BCUT2D eigenvalue weighted by atomic mass is 32.2. The number of anilines is 2. The lowest BCUT2D eigenvalue weighted by atomic mass is 10.0. The van der Waals surface area contributed by atoms with Crippen LogP contribution in [0.2, 0.25) is 0 Å². The molecule has 0 aliphatic rings. The van der Waals surface area contributed by atoms with E-state index in [1.54, 1.807) is 0 Å². The van der Waals surface area contributed by atoms with Gasteiger partial charge in [0, 0.05) is 42.1 Å². The van der Waals surface area contributed by atoms with E-state index < -0.39 is 0 Å². The first kappa shape index (κ1) is 21.7. The summed E-state index contributed by atoms with van der Waals surface area (Å²) in [6.45, 7) is 8.76. The summed E-state index contributed by atoms with van der Waals surface area (Å²) in [5.74, 6) is 4.09. The number of nitrogens with two attached hydrogens (primary N) is 2. The van der Waals surface area contributed by atoms with E-state index in [4.69, 9.17) is 11.5 Å². The predicted octanol–water partition coefficient (Wildman–Crippen LogP) is 6.97. The fraction of sp³-hybridized carbons (Fsp3) is 0.400. The van der Waals surface area contributed by atoms with Gasteiger partial charge in [-0.3, -0.25) is 0 Å². The van der Waals surface area contributed by atoms with Crippen molar-refractivity contribution in [3.8, 4) is 11.1 Å². The molecule has 0 aliphatic heterocycles. The molecule has 0 saturated heterocycles. The van der Waals surface area contributed by atoms with Gasteiger partial charge < -0.3 is 11.5 Å². The van der Waals surface area contributed by atoms with Gasteiger partial charge in [-0.05, 0) is 47.3 Å². The van der Waals surface area contributed by atoms with Crippen LogP contribution in [0.1, 0.15) is 27.7 Å². The maximum atomic E-state index is 6.23. The molecule has 142 valence electrons. The van der Waals surface area contributed by atoms with E-state index in [0.29, 0.717) is 0 Å². The molecule has 2 aromatic rings. The molecule has 0 spiro atoms. The summed E-state index contributed by atoms with van der Waals surface area (Å²) in [5, 5.41) is 0. The number of hydrogen-bond acceptors (Lipinski definition) is 6. The van der Waals surface area contributed by atoms with Gasteiger partial charge in [0.1, 0.15) is 0 Å². The molecule has 0 unspecified atom stereocenters. The Labute approximate surface area is 175 Å². The molecule has 0 atom stereocenters. The molecule has 4 N–H and O–H groups in total. The van der Waals surface area contributed by atoms with Crippen LogP contribution in [0.4, 0.5) is 11.4 Å². The lowest BCUT2D eigenvalue weighted by Crippen LogP contribution is -1.98. The van der Waals surface area contributed by atoms with E-state index in [0.717, 1.165) is 34.4 Å². The molecular weight excluding hydrogens is 397 g/mol. The van der Waals surface area contributed by atoms with Crippen molar-refractivity contribution in [2.45, 2.75) is 47.3 Å². The van der Waals surface area contributed by atoms with Crippen LogP contribution in [0, 0.1) is 0 Å². The van der Waals surface area contributed by atoms with E-state index in [9.17, 15) is 0 Å². The normalized spacial score (nSPS) is 11.1. The zero-order valence-electron chi connectivity index (χ0n) is 15.9. The van der Waals surface area contributed by atoms with Crippen molar-refractivity contribution < 1.29 is 0 Å². The van der Waals surface area contributed by atoms with E-state index in [1.807, 2.05) is 47.0 Å². The quantitative estimate of drug-likeness (QED) is 0.335. The molecule has 0 radical (unpaired) electrons. The Kier molecular flexibility index (Phi) is 8.94. The number of benzene rings is 2. The second-order valence-electron chi connectivity index (χ2n) is 5.52. The van der Waals surface area contributed by atoms with Crippen LogP contribution < -0.4 is 11.5 Å². The van der Waals surface area contributed by atoms with Gasteiger partial charge in [0.05, 0.1) is 0 Å². The highest BCUT2D eigenvalue weighted by Crippen LogP contribution is 2.48. The van der Waals surface area contributed by atoms with Crippen LogP contribution in [0.5, 0.6) is 0 Å². The molecule has 0 aromatic heterocycles. The highest BCUT2D eigenvalue weighted by molar-refractivity contribution is 8.01. The lowest BCUT2D eigenvalue weighted by molar-refractivity contribution is 1.23. The minimum Gasteiger partial charge on any atom is -0.399 e. The summed E-state index contributed by atoms with van der Waals surface area (Å²) in [7, 11) is 0. The van der Waals surface area contributed by atoms with E-state index in [1.165, 1.54) is 30.7 Å². The standard InChI is InChI=1S/C20H28N2S4/c1-5-23-15-9-13(21)10-16(24-6-2)19(15)20-17(25-7-3)11-14(22)12-18(20)26-8-4/h9-12H,5-8,21-22H2,1-4H3. The number of hydrogen-bond donors (Lipinski definition) is 2. The molecule has 0 bridgehead atoms. The largest absolute Gasteiger partial charge is 0.399 e. The molecule has 2 aromatic carbocycles. The van der Waals surface area contributed by atoms with E-state index in [-0.39, 0.29) is 0 Å². The smallest absolute Gasteiger partial charge is 0.0336 e. The molecule has 0 fully saturated rings. The number of rotatable bonds is 9. The topological polar surface area (TPSA) is 52.0 Å². The van der Waals surface area contributed by atoms with Crippen molar-refractivity contribution in [1.29, 1.82) is 0 Å². The molecule has 26 heavy (non-hydrogen) atoms. The third-order valence-electron chi connectivity index (χ3n) is 3.63. The Hall–Kier alpha value is -0.560. The fourth-order valence-corrected chi connectivity index (χ4v) is 6.47. The van der Waals surface area contributed by atoms with Crippen molar-refractivity contribution in [3.05, 3.63) is 24.3 Å². The molecule has 0 saturated carbocycles. The van der Waals surface area contributed by atoms with Crippen molar-refractivity contribution in [2.75, 3.05) is 34.5 Å². The first-order chi connectivity index (χ1) is 12.5. The minimum absolute atomic E-state index is 0.838. The van der Waals surface area contributed by atoms with Gasteiger partial charge in [-0.1, -0.05) is 27.7 Å². The summed E-state index contributed by atoms with van der Waals surface area (Å²) in [6, 6.07) is 8.50. The van der Waals surface area contributed by atoms with Crippen LogP contribution in [0.15, 0.2) is 43.8 Å². The van der Waals surface area contributed by atoms with Gasteiger partial charge in [-0.2, -0.15) is 0 Å². The third-order valence-corrected chi connectivity index (χ3v) is 7.31. The average Bonchev–Trinajstić information content (AvgIpc) is 2.57. The Bertz CT molecular complexity index is 629. The summed E-state index contributed by atoms with van der Waals surface area (Å²) in [6.07, 6.45) is 0. The summed E-state index contributed by atoms with van der Waals surface area (Å²) < 4.78 is 0. The predicted molar refractivity (Wildman–Crippen MR) is 126 cm³/mol. The van der Waals surface area contributed by atoms with Crippen molar-refractivity contribution in [2.24, 2.45) is 0 Å². The summed E-state index contributed by atoms with van der Waals surface area (Å²) in [4.78, 5) is 5.07. The lowest BCUT2D eigenvalue weighted by Gasteiger charge is -2.21. The molecule has 6 heteroatoms. The fourth-order valence-electron chi connectivity index (χ4n) is 2.79. The minimum atomic E-state index is 0.838. The van der Waals surface area contributed by atoms with Gasteiger partial charge in [0.25, 0.3) is 0 Å². The van der Waals surface area contributed by atoms with Crippen LogP contribution in [-0.4, -0.2) is 23.0 Å². The van der Waals surface area contributed by atoms with Crippen molar-refractivity contribution in [3.63, 3.8) is 0 Å². The molecule has 0 amide bonds. The van der Waals surface area contributed by atoms with Gasteiger partial charge in [-0.15, -0.1) is 47.0 Å². The Morgan fingerprint density at radius 2 is 0.769 bits per heavy atom. The van der Waals surface area contributed by atoms with Gasteiger partial charge >= 0.3 is 0 Å². The maximum absolute atomic E-state index is 6.23. The Balaban J connectivity index is 2.83. The Morgan fingerprint density at radius 1 is 0.538 bits per heavy atom. The third kappa shape index (κ3) is 5.24.